The van der Waals surface area contributed by atoms with Crippen molar-refractivity contribution in [1.82, 2.24) is 14.9 Å². The fraction of sp³-hybridized carbons (Fsp3) is 0.500. The standard InChI is InChI=1S/C22H30N4O/c1-4-16-10-9-11-17(5-2)20(16)25-22-23-14-18(15-24-22)21(27)26-13-8-7-12-19(26)6-3/h9-11,14-15,19H,4-8,12-13H2,1-3H3,(H,23,24,25). The number of piperidine rings is 1. The lowest BCUT2D eigenvalue weighted by Crippen LogP contribution is -2.43. The van der Waals surface area contributed by atoms with Gasteiger partial charge >= 0.3 is 0 Å². The Kier molecular flexibility index (Phi) is 6.43. The van der Waals surface area contributed by atoms with Gasteiger partial charge in [-0.05, 0) is 49.7 Å². The summed E-state index contributed by atoms with van der Waals surface area (Å²) in [4.78, 5) is 23.7. The van der Waals surface area contributed by atoms with Crippen molar-refractivity contribution >= 4 is 17.5 Å². The summed E-state index contributed by atoms with van der Waals surface area (Å²) < 4.78 is 0. The highest BCUT2D eigenvalue weighted by Crippen LogP contribution is 2.25. The first-order valence-electron chi connectivity index (χ1n) is 10.2. The predicted octanol–water partition coefficient (Wildman–Crippen LogP) is 4.75. The van der Waals surface area contributed by atoms with Gasteiger partial charge in [0.1, 0.15) is 0 Å². The van der Waals surface area contributed by atoms with E-state index in [1.807, 2.05) is 4.90 Å². The molecule has 1 aliphatic rings. The number of likely N-dealkylation sites (tertiary alicyclic amines) is 1. The van der Waals surface area contributed by atoms with E-state index >= 15 is 0 Å². The quantitative estimate of drug-likeness (QED) is 0.801. The third kappa shape index (κ3) is 4.29. The highest BCUT2D eigenvalue weighted by Gasteiger charge is 2.26. The van der Waals surface area contributed by atoms with Gasteiger partial charge in [0.15, 0.2) is 0 Å². The maximum Gasteiger partial charge on any atom is 0.257 e. The number of carbonyl (C=O) groups excluding carboxylic acids is 1. The summed E-state index contributed by atoms with van der Waals surface area (Å²) in [6.07, 6.45) is 9.57. The largest absolute Gasteiger partial charge is 0.336 e. The van der Waals surface area contributed by atoms with Crippen LogP contribution >= 0.6 is 0 Å². The lowest BCUT2D eigenvalue weighted by Gasteiger charge is -2.35. The van der Waals surface area contributed by atoms with Crippen molar-refractivity contribution in [3.05, 3.63) is 47.3 Å². The first-order chi connectivity index (χ1) is 13.2. The van der Waals surface area contributed by atoms with Gasteiger partial charge in [-0.1, -0.05) is 39.0 Å². The Hall–Kier alpha value is -2.43. The lowest BCUT2D eigenvalue weighted by molar-refractivity contribution is 0.0607. The molecule has 0 bridgehead atoms. The predicted molar refractivity (Wildman–Crippen MR) is 109 cm³/mol. The SMILES string of the molecule is CCc1cccc(CC)c1Nc1ncc(C(=O)N2CCCCC2CC)cn1. The van der Waals surface area contributed by atoms with Crippen LogP contribution in [0, 0.1) is 0 Å². The van der Waals surface area contributed by atoms with Crippen LogP contribution in [0.5, 0.6) is 0 Å². The number of hydrogen-bond acceptors (Lipinski definition) is 4. The first-order valence-corrected chi connectivity index (χ1v) is 10.2. The summed E-state index contributed by atoms with van der Waals surface area (Å²) in [7, 11) is 0. The van der Waals surface area contributed by atoms with Crippen LogP contribution in [0.25, 0.3) is 0 Å². The first kappa shape index (κ1) is 19.3. The van der Waals surface area contributed by atoms with E-state index in [0.29, 0.717) is 17.6 Å². The Bertz CT molecular complexity index is 750. The number of benzene rings is 1. The topological polar surface area (TPSA) is 58.1 Å². The molecule has 27 heavy (non-hydrogen) atoms. The van der Waals surface area contributed by atoms with Crippen LogP contribution in [0.2, 0.25) is 0 Å². The van der Waals surface area contributed by atoms with Gasteiger partial charge in [-0.25, -0.2) is 9.97 Å². The normalized spacial score (nSPS) is 17.0. The lowest BCUT2D eigenvalue weighted by atomic mass is 9.99. The van der Waals surface area contributed by atoms with Gasteiger partial charge in [0, 0.05) is 30.7 Å². The zero-order valence-corrected chi connectivity index (χ0v) is 16.7. The average Bonchev–Trinajstić information content (AvgIpc) is 2.73. The molecule has 1 N–H and O–H groups in total. The molecule has 1 aliphatic heterocycles. The van der Waals surface area contributed by atoms with Gasteiger partial charge in [0.25, 0.3) is 5.91 Å². The molecule has 2 aromatic rings. The molecule has 1 aromatic carbocycles. The van der Waals surface area contributed by atoms with E-state index in [1.54, 1.807) is 12.4 Å². The van der Waals surface area contributed by atoms with E-state index < -0.39 is 0 Å². The summed E-state index contributed by atoms with van der Waals surface area (Å²) in [6.45, 7) is 7.27. The van der Waals surface area contributed by atoms with Crippen LogP contribution in [0.1, 0.15) is 67.9 Å². The molecule has 1 amide bonds. The molecule has 1 unspecified atom stereocenters. The number of hydrogen-bond donors (Lipinski definition) is 1. The third-order valence-corrected chi connectivity index (χ3v) is 5.49. The van der Waals surface area contributed by atoms with Crippen LogP contribution in [-0.2, 0) is 12.8 Å². The van der Waals surface area contributed by atoms with E-state index in [2.05, 4.69) is 54.3 Å². The molecular formula is C22H30N4O. The number of para-hydroxylation sites is 1. The Labute approximate surface area is 162 Å². The zero-order chi connectivity index (χ0) is 19.2. The van der Waals surface area contributed by atoms with E-state index in [-0.39, 0.29) is 5.91 Å². The number of aryl methyl sites for hydroxylation is 2. The number of nitrogens with one attached hydrogen (secondary N) is 1. The van der Waals surface area contributed by atoms with Crippen LogP contribution in [0.3, 0.4) is 0 Å². The highest BCUT2D eigenvalue weighted by atomic mass is 16.2. The number of carbonyl (C=O) groups is 1. The maximum atomic E-state index is 12.9. The molecule has 144 valence electrons. The van der Waals surface area contributed by atoms with Gasteiger partial charge in [-0.3, -0.25) is 4.79 Å². The number of amides is 1. The number of rotatable bonds is 6. The molecule has 1 saturated heterocycles. The minimum Gasteiger partial charge on any atom is -0.336 e. The molecule has 1 aromatic heterocycles. The molecule has 0 spiro atoms. The van der Waals surface area contributed by atoms with Gasteiger partial charge in [-0.2, -0.15) is 0 Å². The third-order valence-electron chi connectivity index (χ3n) is 5.49. The van der Waals surface area contributed by atoms with Crippen molar-refractivity contribution in [2.75, 3.05) is 11.9 Å². The number of aromatic nitrogens is 2. The average molecular weight is 367 g/mol. The van der Waals surface area contributed by atoms with Crippen molar-refractivity contribution in [2.45, 2.75) is 65.3 Å². The van der Waals surface area contributed by atoms with Crippen LogP contribution in [-0.4, -0.2) is 33.4 Å². The summed E-state index contributed by atoms with van der Waals surface area (Å²) in [5, 5.41) is 3.36. The van der Waals surface area contributed by atoms with Crippen LogP contribution in [0.15, 0.2) is 30.6 Å². The van der Waals surface area contributed by atoms with E-state index in [1.165, 1.54) is 17.5 Å². The van der Waals surface area contributed by atoms with E-state index in [4.69, 9.17) is 0 Å². The maximum absolute atomic E-state index is 12.9. The molecule has 5 heteroatoms. The molecule has 1 fully saturated rings. The molecule has 0 aliphatic carbocycles. The van der Waals surface area contributed by atoms with Crippen molar-refractivity contribution in [3.8, 4) is 0 Å². The monoisotopic (exact) mass is 366 g/mol. The van der Waals surface area contributed by atoms with Gasteiger partial charge < -0.3 is 10.2 Å². The molecule has 0 radical (unpaired) electrons. The van der Waals surface area contributed by atoms with E-state index in [9.17, 15) is 4.79 Å². The minimum absolute atomic E-state index is 0.0521. The molecule has 1 atom stereocenters. The molecule has 5 nitrogen and oxygen atoms in total. The Morgan fingerprint density at radius 1 is 1.11 bits per heavy atom. The molecule has 0 saturated carbocycles. The second-order valence-electron chi connectivity index (χ2n) is 7.14. The summed E-state index contributed by atoms with van der Waals surface area (Å²) in [6, 6.07) is 6.68. The van der Waals surface area contributed by atoms with Crippen LogP contribution < -0.4 is 5.32 Å². The van der Waals surface area contributed by atoms with Crippen molar-refractivity contribution in [3.63, 3.8) is 0 Å². The summed E-state index contributed by atoms with van der Waals surface area (Å²) in [5.41, 5.74) is 4.15. The van der Waals surface area contributed by atoms with Crippen molar-refractivity contribution in [2.24, 2.45) is 0 Å². The second kappa shape index (κ2) is 8.98. The minimum atomic E-state index is 0.0521. The van der Waals surface area contributed by atoms with E-state index in [0.717, 1.165) is 44.3 Å². The van der Waals surface area contributed by atoms with Crippen LogP contribution in [0.4, 0.5) is 11.6 Å². The fourth-order valence-corrected chi connectivity index (χ4v) is 3.88. The number of nitrogens with zero attached hydrogens (tertiary/aromatic N) is 3. The number of anilines is 2. The van der Waals surface area contributed by atoms with Gasteiger partial charge in [0.05, 0.1) is 5.56 Å². The van der Waals surface area contributed by atoms with Gasteiger partial charge in [-0.15, -0.1) is 0 Å². The summed E-state index contributed by atoms with van der Waals surface area (Å²) >= 11 is 0. The Morgan fingerprint density at radius 2 is 1.78 bits per heavy atom. The second-order valence-corrected chi connectivity index (χ2v) is 7.14. The molecular weight excluding hydrogens is 336 g/mol. The van der Waals surface area contributed by atoms with Crippen molar-refractivity contribution < 1.29 is 4.79 Å². The van der Waals surface area contributed by atoms with Gasteiger partial charge in [0.2, 0.25) is 5.95 Å². The molecule has 3 rings (SSSR count). The molecule has 2 heterocycles. The summed E-state index contributed by atoms with van der Waals surface area (Å²) in [5.74, 6) is 0.587. The smallest absolute Gasteiger partial charge is 0.257 e. The fourth-order valence-electron chi connectivity index (χ4n) is 3.88. The zero-order valence-electron chi connectivity index (χ0n) is 16.7. The Balaban J connectivity index is 1.77. The Morgan fingerprint density at radius 3 is 2.37 bits per heavy atom. The van der Waals surface area contributed by atoms with Crippen molar-refractivity contribution in [1.29, 1.82) is 0 Å². The highest BCUT2D eigenvalue weighted by molar-refractivity contribution is 5.94.